The molecule has 0 aliphatic carbocycles. The molecule has 0 aliphatic heterocycles. The van der Waals surface area contributed by atoms with Crippen LogP contribution < -0.4 is 0 Å². The molecular formula is C14H19NO4. The van der Waals surface area contributed by atoms with Crippen LogP contribution in [-0.4, -0.2) is 42.1 Å². The Kier molecular flexibility index (Phi) is 6.02. The molecule has 1 aromatic carbocycles. The molecule has 1 unspecified atom stereocenters. The summed E-state index contributed by atoms with van der Waals surface area (Å²) in [6.07, 6.45) is 0. The zero-order valence-corrected chi connectivity index (χ0v) is 11.2. The summed E-state index contributed by atoms with van der Waals surface area (Å²) in [5.74, 6) is -1.59. The van der Waals surface area contributed by atoms with Crippen LogP contribution in [0.25, 0.3) is 0 Å². The van der Waals surface area contributed by atoms with Gasteiger partial charge in [0, 0.05) is 13.7 Å². The standard InChI is InChI=1S/C14H19NO4/c1-11(10-19-2)14(18)15(9-13(16)17)8-12-6-4-3-5-7-12/h3-7,11H,8-10H2,1-2H3,(H,16,17). The van der Waals surface area contributed by atoms with E-state index in [-0.39, 0.29) is 25.0 Å². The lowest BCUT2D eigenvalue weighted by Crippen LogP contribution is -2.39. The second kappa shape index (κ2) is 7.53. The second-order valence-corrected chi connectivity index (χ2v) is 4.43. The van der Waals surface area contributed by atoms with Gasteiger partial charge in [-0.1, -0.05) is 37.3 Å². The van der Waals surface area contributed by atoms with Crippen molar-refractivity contribution in [1.29, 1.82) is 0 Å². The highest BCUT2D eigenvalue weighted by atomic mass is 16.5. The van der Waals surface area contributed by atoms with E-state index in [9.17, 15) is 9.59 Å². The van der Waals surface area contributed by atoms with E-state index in [1.54, 1.807) is 6.92 Å². The summed E-state index contributed by atoms with van der Waals surface area (Å²) in [6.45, 7) is 2.00. The molecule has 0 bridgehead atoms. The molecule has 5 heteroatoms. The Morgan fingerprint density at radius 2 is 1.95 bits per heavy atom. The Labute approximate surface area is 112 Å². The average molecular weight is 265 g/mol. The molecule has 104 valence electrons. The van der Waals surface area contributed by atoms with Crippen molar-refractivity contribution in [3.05, 3.63) is 35.9 Å². The second-order valence-electron chi connectivity index (χ2n) is 4.43. The summed E-state index contributed by atoms with van der Waals surface area (Å²) in [5.41, 5.74) is 0.904. The van der Waals surface area contributed by atoms with E-state index in [2.05, 4.69) is 0 Å². The molecule has 0 aliphatic rings. The van der Waals surface area contributed by atoms with Crippen LogP contribution >= 0.6 is 0 Å². The van der Waals surface area contributed by atoms with Crippen LogP contribution in [0.2, 0.25) is 0 Å². The molecule has 1 rings (SSSR count). The minimum atomic E-state index is -1.02. The number of rotatable bonds is 7. The largest absolute Gasteiger partial charge is 0.480 e. The van der Waals surface area contributed by atoms with Gasteiger partial charge in [-0.25, -0.2) is 0 Å². The smallest absolute Gasteiger partial charge is 0.323 e. The number of methoxy groups -OCH3 is 1. The highest BCUT2D eigenvalue weighted by Gasteiger charge is 2.22. The Morgan fingerprint density at radius 3 is 2.47 bits per heavy atom. The van der Waals surface area contributed by atoms with E-state index < -0.39 is 5.97 Å². The van der Waals surface area contributed by atoms with E-state index in [1.807, 2.05) is 30.3 Å². The van der Waals surface area contributed by atoms with Crippen molar-refractivity contribution in [2.45, 2.75) is 13.5 Å². The third kappa shape index (κ3) is 5.09. The lowest BCUT2D eigenvalue weighted by atomic mass is 10.1. The van der Waals surface area contributed by atoms with Crippen molar-refractivity contribution >= 4 is 11.9 Å². The third-order valence-electron chi connectivity index (χ3n) is 2.69. The first-order valence-electron chi connectivity index (χ1n) is 6.08. The number of benzene rings is 1. The highest BCUT2D eigenvalue weighted by Crippen LogP contribution is 2.09. The van der Waals surface area contributed by atoms with Gasteiger partial charge in [-0.15, -0.1) is 0 Å². The lowest BCUT2D eigenvalue weighted by Gasteiger charge is -2.24. The van der Waals surface area contributed by atoms with E-state index >= 15 is 0 Å². The molecule has 0 saturated carbocycles. The molecule has 5 nitrogen and oxygen atoms in total. The minimum Gasteiger partial charge on any atom is -0.480 e. The Morgan fingerprint density at radius 1 is 1.32 bits per heavy atom. The van der Waals surface area contributed by atoms with Crippen LogP contribution in [0, 0.1) is 5.92 Å². The molecule has 0 aromatic heterocycles. The van der Waals surface area contributed by atoms with Crippen molar-refractivity contribution in [1.82, 2.24) is 4.90 Å². The van der Waals surface area contributed by atoms with Crippen LogP contribution in [0.5, 0.6) is 0 Å². The van der Waals surface area contributed by atoms with Gasteiger partial charge in [0.1, 0.15) is 6.54 Å². The van der Waals surface area contributed by atoms with E-state index in [4.69, 9.17) is 9.84 Å². The van der Waals surface area contributed by atoms with Crippen LogP contribution in [0.4, 0.5) is 0 Å². The van der Waals surface area contributed by atoms with Gasteiger partial charge in [0.05, 0.1) is 12.5 Å². The van der Waals surface area contributed by atoms with E-state index in [1.165, 1.54) is 12.0 Å². The Bertz CT molecular complexity index is 419. The van der Waals surface area contributed by atoms with Crippen LogP contribution in [0.1, 0.15) is 12.5 Å². The molecular weight excluding hydrogens is 246 g/mol. The number of nitrogens with zero attached hydrogens (tertiary/aromatic N) is 1. The molecule has 1 atom stereocenters. The fourth-order valence-electron chi connectivity index (χ4n) is 1.81. The van der Waals surface area contributed by atoms with Crippen molar-refractivity contribution in [2.75, 3.05) is 20.3 Å². The average Bonchev–Trinajstić information content (AvgIpc) is 2.38. The first-order valence-corrected chi connectivity index (χ1v) is 6.08. The summed E-state index contributed by atoms with van der Waals surface area (Å²) in [6, 6.07) is 9.32. The van der Waals surface area contributed by atoms with Gasteiger partial charge < -0.3 is 14.7 Å². The predicted octanol–water partition coefficient (Wildman–Crippen LogP) is 1.38. The molecule has 0 saturated heterocycles. The molecule has 1 aromatic rings. The summed E-state index contributed by atoms with van der Waals surface area (Å²) in [4.78, 5) is 24.3. The summed E-state index contributed by atoms with van der Waals surface area (Å²) < 4.78 is 4.94. The number of hydrogen-bond donors (Lipinski definition) is 1. The van der Waals surface area contributed by atoms with Gasteiger partial charge in [-0.3, -0.25) is 9.59 Å². The quantitative estimate of drug-likeness (QED) is 0.809. The fraction of sp³-hybridized carbons (Fsp3) is 0.429. The Hall–Kier alpha value is -1.88. The number of aliphatic carboxylic acids is 1. The van der Waals surface area contributed by atoms with Crippen LogP contribution in [-0.2, 0) is 20.9 Å². The monoisotopic (exact) mass is 265 g/mol. The SMILES string of the molecule is COCC(C)C(=O)N(CC(=O)O)Cc1ccccc1. The minimum absolute atomic E-state index is 0.215. The summed E-state index contributed by atoms with van der Waals surface area (Å²) in [5, 5.41) is 8.90. The van der Waals surface area contributed by atoms with Gasteiger partial charge in [-0.05, 0) is 5.56 Å². The van der Waals surface area contributed by atoms with E-state index in [0.29, 0.717) is 6.54 Å². The number of hydrogen-bond acceptors (Lipinski definition) is 3. The van der Waals surface area contributed by atoms with Gasteiger partial charge in [0.2, 0.25) is 5.91 Å². The van der Waals surface area contributed by atoms with Gasteiger partial charge >= 0.3 is 5.97 Å². The summed E-state index contributed by atoms with van der Waals surface area (Å²) >= 11 is 0. The molecule has 19 heavy (non-hydrogen) atoms. The number of ether oxygens (including phenoxy) is 1. The highest BCUT2D eigenvalue weighted by molar-refractivity contribution is 5.82. The number of carboxylic acids is 1. The zero-order chi connectivity index (χ0) is 14.3. The summed E-state index contributed by atoms with van der Waals surface area (Å²) in [7, 11) is 1.52. The Balaban J connectivity index is 2.77. The third-order valence-corrected chi connectivity index (χ3v) is 2.69. The van der Waals surface area contributed by atoms with Gasteiger partial charge in [0.15, 0.2) is 0 Å². The van der Waals surface area contributed by atoms with Gasteiger partial charge in [0.25, 0.3) is 0 Å². The maximum atomic E-state index is 12.2. The zero-order valence-electron chi connectivity index (χ0n) is 11.2. The fourth-order valence-corrected chi connectivity index (χ4v) is 1.81. The van der Waals surface area contributed by atoms with Crippen molar-refractivity contribution in [3.63, 3.8) is 0 Å². The van der Waals surface area contributed by atoms with Crippen molar-refractivity contribution in [2.24, 2.45) is 5.92 Å². The van der Waals surface area contributed by atoms with Crippen molar-refractivity contribution in [3.8, 4) is 0 Å². The molecule has 0 spiro atoms. The molecule has 0 heterocycles. The lowest BCUT2D eigenvalue weighted by molar-refractivity contribution is -0.147. The molecule has 1 amide bonds. The van der Waals surface area contributed by atoms with Gasteiger partial charge in [-0.2, -0.15) is 0 Å². The first-order chi connectivity index (χ1) is 9.04. The molecule has 0 fully saturated rings. The van der Waals surface area contributed by atoms with Crippen LogP contribution in [0.3, 0.4) is 0 Å². The molecule has 1 N–H and O–H groups in total. The molecule has 0 radical (unpaired) electrons. The number of carboxylic acid groups (broad SMARTS) is 1. The maximum Gasteiger partial charge on any atom is 0.323 e. The number of amides is 1. The topological polar surface area (TPSA) is 66.8 Å². The van der Waals surface area contributed by atoms with E-state index in [0.717, 1.165) is 5.56 Å². The van der Waals surface area contributed by atoms with Crippen molar-refractivity contribution < 1.29 is 19.4 Å². The number of carbonyl (C=O) groups is 2. The first kappa shape index (κ1) is 15.2. The maximum absolute atomic E-state index is 12.2. The number of carbonyl (C=O) groups excluding carboxylic acids is 1. The predicted molar refractivity (Wildman–Crippen MR) is 70.5 cm³/mol. The normalized spacial score (nSPS) is 11.9. The van der Waals surface area contributed by atoms with Crippen LogP contribution in [0.15, 0.2) is 30.3 Å².